The first-order chi connectivity index (χ1) is 9.69. The molecule has 20 heavy (non-hydrogen) atoms. The van der Waals surface area contributed by atoms with Crippen molar-refractivity contribution in [1.82, 2.24) is 9.97 Å². The zero-order valence-corrected chi connectivity index (χ0v) is 12.1. The Hall–Kier alpha value is -1.45. The summed E-state index contributed by atoms with van der Waals surface area (Å²) in [6, 6.07) is 7.72. The van der Waals surface area contributed by atoms with Crippen LogP contribution in [0, 0.1) is 0 Å². The van der Waals surface area contributed by atoms with Crippen molar-refractivity contribution in [2.45, 2.75) is 37.6 Å². The Labute approximate surface area is 124 Å². The monoisotopic (exact) mass is 287 g/mol. The van der Waals surface area contributed by atoms with Crippen LogP contribution in [0.2, 0.25) is 5.02 Å². The van der Waals surface area contributed by atoms with Crippen LogP contribution in [-0.4, -0.2) is 9.97 Å². The number of rotatable bonds is 2. The molecular formula is C16H18ClN3. The summed E-state index contributed by atoms with van der Waals surface area (Å²) in [6.45, 7) is 0. The van der Waals surface area contributed by atoms with E-state index in [4.69, 9.17) is 17.3 Å². The summed E-state index contributed by atoms with van der Waals surface area (Å²) >= 11 is 6.19. The van der Waals surface area contributed by atoms with Crippen LogP contribution in [0.15, 0.2) is 36.7 Å². The molecule has 0 saturated heterocycles. The number of nitrogens with zero attached hydrogens (tertiary/aromatic N) is 2. The van der Waals surface area contributed by atoms with Crippen LogP contribution in [-0.2, 0) is 5.54 Å². The number of halogens is 1. The van der Waals surface area contributed by atoms with Crippen molar-refractivity contribution in [3.8, 4) is 11.1 Å². The minimum Gasteiger partial charge on any atom is -0.319 e. The van der Waals surface area contributed by atoms with Crippen LogP contribution in [0.5, 0.6) is 0 Å². The fourth-order valence-corrected chi connectivity index (χ4v) is 3.07. The van der Waals surface area contributed by atoms with Crippen molar-refractivity contribution in [3.05, 3.63) is 47.5 Å². The Kier molecular flexibility index (Phi) is 3.72. The summed E-state index contributed by atoms with van der Waals surface area (Å²) in [6.07, 6.45) is 9.17. The Balaban J connectivity index is 1.90. The Morgan fingerprint density at radius 3 is 2.30 bits per heavy atom. The molecule has 0 unspecified atom stereocenters. The topological polar surface area (TPSA) is 51.8 Å². The van der Waals surface area contributed by atoms with Gasteiger partial charge in [-0.1, -0.05) is 49.1 Å². The van der Waals surface area contributed by atoms with E-state index in [1.807, 2.05) is 36.7 Å². The van der Waals surface area contributed by atoms with Crippen LogP contribution in [0.1, 0.15) is 37.9 Å². The molecular weight excluding hydrogens is 270 g/mol. The molecule has 1 aromatic heterocycles. The molecule has 1 aliphatic rings. The fourth-order valence-electron chi connectivity index (χ4n) is 2.83. The number of hydrogen-bond donors (Lipinski definition) is 1. The quantitative estimate of drug-likeness (QED) is 0.911. The molecule has 3 nitrogen and oxygen atoms in total. The van der Waals surface area contributed by atoms with Crippen molar-refractivity contribution in [2.75, 3.05) is 0 Å². The highest BCUT2D eigenvalue weighted by Gasteiger charge is 2.32. The van der Waals surface area contributed by atoms with Gasteiger partial charge in [0.1, 0.15) is 5.82 Å². The lowest BCUT2D eigenvalue weighted by molar-refractivity contribution is 0.287. The maximum atomic E-state index is 6.45. The SMILES string of the molecule is NC1(c2ncc(-c3ccccc3Cl)cn2)CCCCC1. The molecule has 1 heterocycles. The standard InChI is InChI=1S/C16H18ClN3/c17-14-7-3-2-6-13(14)12-10-19-15(20-11-12)16(18)8-4-1-5-9-16/h2-3,6-7,10-11H,1,4-5,8-9,18H2. The van der Waals surface area contributed by atoms with Gasteiger partial charge in [-0.15, -0.1) is 0 Å². The zero-order chi connectivity index (χ0) is 14.0. The minimum absolute atomic E-state index is 0.350. The van der Waals surface area contributed by atoms with Gasteiger partial charge >= 0.3 is 0 Å². The van der Waals surface area contributed by atoms with Crippen molar-refractivity contribution in [2.24, 2.45) is 5.73 Å². The van der Waals surface area contributed by atoms with E-state index < -0.39 is 0 Å². The lowest BCUT2D eigenvalue weighted by Crippen LogP contribution is -2.40. The molecule has 0 amide bonds. The predicted octanol–water partition coefficient (Wildman–Crippen LogP) is 3.92. The molecule has 0 aliphatic heterocycles. The third-order valence-electron chi connectivity index (χ3n) is 4.03. The first-order valence-electron chi connectivity index (χ1n) is 7.05. The predicted molar refractivity (Wildman–Crippen MR) is 81.4 cm³/mol. The largest absolute Gasteiger partial charge is 0.319 e. The second-order valence-corrected chi connectivity index (χ2v) is 5.90. The highest BCUT2D eigenvalue weighted by Crippen LogP contribution is 2.33. The summed E-state index contributed by atoms with van der Waals surface area (Å²) < 4.78 is 0. The third kappa shape index (κ3) is 2.56. The maximum absolute atomic E-state index is 6.45. The van der Waals surface area contributed by atoms with E-state index in [1.165, 1.54) is 6.42 Å². The Bertz CT molecular complexity index is 589. The van der Waals surface area contributed by atoms with Gasteiger partial charge in [-0.25, -0.2) is 9.97 Å². The molecule has 1 aliphatic carbocycles. The summed E-state index contributed by atoms with van der Waals surface area (Å²) in [4.78, 5) is 8.99. The summed E-state index contributed by atoms with van der Waals surface area (Å²) in [5, 5.41) is 0.712. The average molecular weight is 288 g/mol. The van der Waals surface area contributed by atoms with Crippen molar-refractivity contribution in [3.63, 3.8) is 0 Å². The number of benzene rings is 1. The van der Waals surface area contributed by atoms with Gasteiger partial charge < -0.3 is 5.73 Å². The first-order valence-corrected chi connectivity index (χ1v) is 7.43. The third-order valence-corrected chi connectivity index (χ3v) is 4.36. The van der Waals surface area contributed by atoms with E-state index >= 15 is 0 Å². The Morgan fingerprint density at radius 1 is 1.00 bits per heavy atom. The number of nitrogens with two attached hydrogens (primary N) is 1. The van der Waals surface area contributed by atoms with E-state index in [9.17, 15) is 0 Å². The first kappa shape index (κ1) is 13.5. The second kappa shape index (κ2) is 5.51. The van der Waals surface area contributed by atoms with E-state index in [-0.39, 0.29) is 5.54 Å². The highest BCUT2D eigenvalue weighted by atomic mass is 35.5. The molecule has 4 heteroatoms. The molecule has 0 spiro atoms. The van der Waals surface area contributed by atoms with Gasteiger partial charge in [-0.05, 0) is 18.9 Å². The van der Waals surface area contributed by atoms with Crippen LogP contribution < -0.4 is 5.73 Å². The van der Waals surface area contributed by atoms with E-state index in [0.29, 0.717) is 5.02 Å². The van der Waals surface area contributed by atoms with Gasteiger partial charge in [0.15, 0.2) is 0 Å². The molecule has 1 fully saturated rings. The van der Waals surface area contributed by atoms with Crippen LogP contribution in [0.4, 0.5) is 0 Å². The molecule has 104 valence electrons. The van der Waals surface area contributed by atoms with E-state index in [1.54, 1.807) is 0 Å². The lowest BCUT2D eigenvalue weighted by Gasteiger charge is -2.31. The molecule has 1 saturated carbocycles. The van der Waals surface area contributed by atoms with Crippen molar-refractivity contribution >= 4 is 11.6 Å². The molecule has 2 aromatic rings. The van der Waals surface area contributed by atoms with Crippen molar-refractivity contribution < 1.29 is 0 Å². The molecule has 0 atom stereocenters. The molecule has 0 radical (unpaired) electrons. The number of aromatic nitrogens is 2. The smallest absolute Gasteiger partial charge is 0.148 e. The summed E-state index contributed by atoms with van der Waals surface area (Å²) in [7, 11) is 0. The normalized spacial score (nSPS) is 17.9. The number of hydrogen-bond acceptors (Lipinski definition) is 3. The molecule has 3 rings (SSSR count). The van der Waals surface area contributed by atoms with Gasteiger partial charge in [0.05, 0.1) is 5.54 Å². The molecule has 2 N–H and O–H groups in total. The average Bonchev–Trinajstić information content (AvgIpc) is 2.49. The highest BCUT2D eigenvalue weighted by molar-refractivity contribution is 6.33. The minimum atomic E-state index is -0.350. The molecule has 1 aromatic carbocycles. The van der Waals surface area contributed by atoms with Gasteiger partial charge in [0.2, 0.25) is 0 Å². The van der Waals surface area contributed by atoms with Crippen LogP contribution in [0.25, 0.3) is 11.1 Å². The van der Waals surface area contributed by atoms with Crippen LogP contribution in [0.3, 0.4) is 0 Å². The summed E-state index contributed by atoms with van der Waals surface area (Å²) in [5.74, 6) is 0.757. The van der Waals surface area contributed by atoms with Gasteiger partial charge in [-0.3, -0.25) is 0 Å². The molecule has 0 bridgehead atoms. The zero-order valence-electron chi connectivity index (χ0n) is 11.3. The van der Waals surface area contributed by atoms with Gasteiger partial charge in [-0.2, -0.15) is 0 Å². The lowest BCUT2D eigenvalue weighted by atomic mass is 9.82. The Morgan fingerprint density at radius 2 is 1.65 bits per heavy atom. The van der Waals surface area contributed by atoms with Gasteiger partial charge in [0.25, 0.3) is 0 Å². The second-order valence-electron chi connectivity index (χ2n) is 5.49. The van der Waals surface area contributed by atoms with Gasteiger partial charge in [0, 0.05) is 28.5 Å². The van der Waals surface area contributed by atoms with Crippen molar-refractivity contribution in [1.29, 1.82) is 0 Å². The van der Waals surface area contributed by atoms with E-state index in [0.717, 1.165) is 42.6 Å². The van der Waals surface area contributed by atoms with E-state index in [2.05, 4.69) is 9.97 Å². The fraction of sp³-hybridized carbons (Fsp3) is 0.375. The summed E-state index contributed by atoms with van der Waals surface area (Å²) in [5.41, 5.74) is 7.98. The van der Waals surface area contributed by atoms with Crippen LogP contribution >= 0.6 is 11.6 Å². The maximum Gasteiger partial charge on any atom is 0.148 e.